The van der Waals surface area contributed by atoms with Gasteiger partial charge < -0.3 is 10.6 Å². The lowest BCUT2D eigenvalue weighted by Gasteiger charge is -2.27. The summed E-state index contributed by atoms with van der Waals surface area (Å²) in [7, 11) is 0. The number of pyridine rings is 1. The molecule has 1 saturated heterocycles. The Kier molecular flexibility index (Phi) is 3.63. The maximum absolute atomic E-state index is 14.0. The van der Waals surface area contributed by atoms with E-state index in [0.29, 0.717) is 31.0 Å². The van der Waals surface area contributed by atoms with E-state index in [1.54, 1.807) is 18.6 Å². The summed E-state index contributed by atoms with van der Waals surface area (Å²) in [6, 6.07) is 5.53. The van der Waals surface area contributed by atoms with Crippen molar-refractivity contribution in [3.8, 4) is 11.4 Å². The van der Waals surface area contributed by atoms with Crippen molar-refractivity contribution < 1.29 is 4.39 Å². The molecule has 0 aromatic carbocycles. The van der Waals surface area contributed by atoms with Crippen LogP contribution in [0.4, 0.5) is 10.2 Å². The lowest BCUT2D eigenvalue weighted by Crippen LogP contribution is -2.46. The van der Waals surface area contributed by atoms with E-state index in [1.807, 2.05) is 28.8 Å². The summed E-state index contributed by atoms with van der Waals surface area (Å²) in [5.74, 6) is 0.574. The molecule has 2 atom stereocenters. The third kappa shape index (κ3) is 2.75. The Hall–Kier alpha value is -2.54. The van der Waals surface area contributed by atoms with Crippen LogP contribution in [-0.2, 0) is 0 Å². The summed E-state index contributed by atoms with van der Waals surface area (Å²) in [5.41, 5.74) is 2.41. The normalized spacial score (nSPS) is 21.4. The minimum absolute atomic E-state index is 0.282. The molecule has 0 amide bonds. The zero-order valence-electron chi connectivity index (χ0n) is 12.5. The first-order chi connectivity index (χ1) is 11.3. The molecule has 7 heteroatoms. The third-order valence-corrected chi connectivity index (χ3v) is 4.05. The average Bonchev–Trinajstić information content (AvgIpc) is 3.01. The average molecular weight is 312 g/mol. The number of nitrogens with zero attached hydrogens (tertiary/aromatic N) is 4. The first-order valence-electron chi connectivity index (χ1n) is 7.67. The fourth-order valence-corrected chi connectivity index (χ4v) is 2.84. The van der Waals surface area contributed by atoms with Gasteiger partial charge in [-0.3, -0.25) is 9.38 Å². The lowest BCUT2D eigenvalue weighted by molar-refractivity contribution is 0.241. The molecule has 0 unspecified atom stereocenters. The van der Waals surface area contributed by atoms with E-state index >= 15 is 0 Å². The van der Waals surface area contributed by atoms with Crippen LogP contribution in [-0.4, -0.2) is 44.7 Å². The van der Waals surface area contributed by atoms with Crippen LogP contribution in [0.5, 0.6) is 0 Å². The number of nitrogens with one attached hydrogen (secondary N) is 2. The van der Waals surface area contributed by atoms with Crippen molar-refractivity contribution in [1.29, 1.82) is 0 Å². The van der Waals surface area contributed by atoms with Crippen molar-refractivity contribution in [3.05, 3.63) is 43.0 Å². The molecule has 0 bridgehead atoms. The number of alkyl halides is 1. The molecule has 4 heterocycles. The SMILES string of the molecule is F[C@@H]1CCNC[C@@H]1Nc1cncc(-c2cnc3ccccn23)n1. The zero-order valence-corrected chi connectivity index (χ0v) is 12.5. The minimum Gasteiger partial charge on any atom is -0.362 e. The maximum Gasteiger partial charge on any atom is 0.145 e. The van der Waals surface area contributed by atoms with Gasteiger partial charge in [-0.25, -0.2) is 14.4 Å². The highest BCUT2D eigenvalue weighted by atomic mass is 19.1. The van der Waals surface area contributed by atoms with Crippen LogP contribution < -0.4 is 10.6 Å². The molecule has 6 nitrogen and oxygen atoms in total. The van der Waals surface area contributed by atoms with Crippen molar-refractivity contribution in [2.75, 3.05) is 18.4 Å². The van der Waals surface area contributed by atoms with Gasteiger partial charge in [0.25, 0.3) is 0 Å². The largest absolute Gasteiger partial charge is 0.362 e. The summed E-state index contributed by atoms with van der Waals surface area (Å²) in [4.78, 5) is 13.2. The molecule has 3 aromatic rings. The molecule has 1 fully saturated rings. The third-order valence-electron chi connectivity index (χ3n) is 4.05. The van der Waals surface area contributed by atoms with Gasteiger partial charge in [0.05, 0.1) is 30.3 Å². The number of hydrogen-bond acceptors (Lipinski definition) is 5. The number of piperidine rings is 1. The molecule has 4 rings (SSSR count). The highest BCUT2D eigenvalue weighted by Gasteiger charge is 2.24. The van der Waals surface area contributed by atoms with Crippen molar-refractivity contribution in [3.63, 3.8) is 0 Å². The van der Waals surface area contributed by atoms with Crippen LogP contribution in [0, 0.1) is 0 Å². The van der Waals surface area contributed by atoms with Gasteiger partial charge in [-0.05, 0) is 25.1 Å². The Morgan fingerprint density at radius 2 is 2.22 bits per heavy atom. The maximum atomic E-state index is 14.0. The van der Waals surface area contributed by atoms with E-state index < -0.39 is 6.17 Å². The van der Waals surface area contributed by atoms with E-state index in [4.69, 9.17) is 0 Å². The number of fused-ring (bicyclic) bond motifs is 1. The Bertz CT molecular complexity index is 817. The van der Waals surface area contributed by atoms with E-state index in [0.717, 1.165) is 11.3 Å². The van der Waals surface area contributed by atoms with Crippen LogP contribution in [0.1, 0.15) is 6.42 Å². The van der Waals surface area contributed by atoms with Crippen LogP contribution in [0.25, 0.3) is 17.0 Å². The molecular formula is C16H17FN6. The van der Waals surface area contributed by atoms with Crippen LogP contribution in [0.15, 0.2) is 43.0 Å². The van der Waals surface area contributed by atoms with E-state index in [2.05, 4.69) is 25.6 Å². The number of aromatic nitrogens is 4. The summed E-state index contributed by atoms with van der Waals surface area (Å²) in [5, 5.41) is 6.33. The van der Waals surface area contributed by atoms with Gasteiger partial charge in [0.1, 0.15) is 23.3 Å². The smallest absolute Gasteiger partial charge is 0.145 e. The molecule has 0 saturated carbocycles. The Morgan fingerprint density at radius 3 is 3.13 bits per heavy atom. The first kappa shape index (κ1) is 14.1. The Morgan fingerprint density at radius 1 is 1.26 bits per heavy atom. The van der Waals surface area contributed by atoms with Gasteiger partial charge in [-0.15, -0.1) is 0 Å². The number of rotatable bonds is 3. The summed E-state index contributed by atoms with van der Waals surface area (Å²) in [6.07, 6.45) is 6.64. The zero-order chi connectivity index (χ0) is 15.6. The Balaban J connectivity index is 1.63. The summed E-state index contributed by atoms with van der Waals surface area (Å²) in [6.45, 7) is 1.30. The van der Waals surface area contributed by atoms with Gasteiger partial charge in [0.2, 0.25) is 0 Å². The molecule has 1 aliphatic heterocycles. The second-order valence-corrected chi connectivity index (χ2v) is 5.62. The molecule has 3 aromatic heterocycles. The molecule has 0 spiro atoms. The Labute approximate surface area is 132 Å². The highest BCUT2D eigenvalue weighted by molar-refractivity contribution is 5.60. The second-order valence-electron chi connectivity index (χ2n) is 5.62. The van der Waals surface area contributed by atoms with Gasteiger partial charge >= 0.3 is 0 Å². The van der Waals surface area contributed by atoms with Gasteiger partial charge in [-0.1, -0.05) is 6.07 Å². The predicted octanol–water partition coefficient (Wildman–Crippen LogP) is 1.90. The standard InChI is InChI=1S/C16H17FN6/c17-11-4-5-18-7-12(11)21-15-10-19-8-13(22-15)14-9-20-16-3-1-2-6-23(14)16/h1-3,6,8-12,18H,4-5,7H2,(H,21,22)/t11-,12+/m1/s1. The molecule has 0 aliphatic carbocycles. The quantitative estimate of drug-likeness (QED) is 0.773. The predicted molar refractivity (Wildman–Crippen MR) is 86.0 cm³/mol. The van der Waals surface area contributed by atoms with E-state index in [9.17, 15) is 4.39 Å². The molecule has 2 N–H and O–H groups in total. The van der Waals surface area contributed by atoms with Crippen molar-refractivity contribution in [2.45, 2.75) is 18.6 Å². The number of halogens is 1. The number of imidazole rings is 1. The number of anilines is 1. The van der Waals surface area contributed by atoms with E-state index in [-0.39, 0.29) is 6.04 Å². The lowest BCUT2D eigenvalue weighted by atomic mass is 10.1. The number of hydrogen-bond donors (Lipinski definition) is 2. The molecule has 1 aliphatic rings. The monoisotopic (exact) mass is 312 g/mol. The molecule has 118 valence electrons. The second kappa shape index (κ2) is 5.92. The first-order valence-corrected chi connectivity index (χ1v) is 7.67. The van der Waals surface area contributed by atoms with E-state index in [1.165, 1.54) is 0 Å². The fraction of sp³-hybridized carbons (Fsp3) is 0.312. The molecule has 0 radical (unpaired) electrons. The highest BCUT2D eigenvalue weighted by Crippen LogP contribution is 2.20. The van der Waals surface area contributed by atoms with Crippen molar-refractivity contribution in [1.82, 2.24) is 24.7 Å². The van der Waals surface area contributed by atoms with Crippen LogP contribution >= 0.6 is 0 Å². The van der Waals surface area contributed by atoms with Crippen molar-refractivity contribution >= 4 is 11.5 Å². The van der Waals surface area contributed by atoms with Gasteiger partial charge in [-0.2, -0.15) is 0 Å². The van der Waals surface area contributed by atoms with Crippen LogP contribution in [0.3, 0.4) is 0 Å². The van der Waals surface area contributed by atoms with Gasteiger partial charge in [0.15, 0.2) is 0 Å². The van der Waals surface area contributed by atoms with Crippen LogP contribution in [0.2, 0.25) is 0 Å². The fourth-order valence-electron chi connectivity index (χ4n) is 2.84. The van der Waals surface area contributed by atoms with Crippen molar-refractivity contribution in [2.24, 2.45) is 0 Å². The molecular weight excluding hydrogens is 295 g/mol. The summed E-state index contributed by atoms with van der Waals surface area (Å²) < 4.78 is 15.9. The van der Waals surface area contributed by atoms with Gasteiger partial charge in [0, 0.05) is 12.7 Å². The molecule has 23 heavy (non-hydrogen) atoms. The minimum atomic E-state index is -0.877. The topological polar surface area (TPSA) is 67.1 Å². The summed E-state index contributed by atoms with van der Waals surface area (Å²) >= 11 is 0.